The van der Waals surface area contributed by atoms with Crippen molar-refractivity contribution in [2.24, 2.45) is 0 Å². The van der Waals surface area contributed by atoms with E-state index in [1.165, 1.54) is 82.4 Å². The van der Waals surface area contributed by atoms with Crippen molar-refractivity contribution in [3.8, 4) is 44.5 Å². The second-order valence-corrected chi connectivity index (χ2v) is 16.9. The summed E-state index contributed by atoms with van der Waals surface area (Å²) in [7, 11) is 0. The van der Waals surface area contributed by atoms with E-state index in [0.29, 0.717) is 0 Å². The summed E-state index contributed by atoms with van der Waals surface area (Å²) in [4.78, 5) is 2.50. The highest BCUT2D eigenvalue weighted by Crippen LogP contribution is 2.55. The molecular formula is C62H43N. The highest BCUT2D eigenvalue weighted by Gasteiger charge is 2.41. The Balaban J connectivity index is 1.12. The summed E-state index contributed by atoms with van der Waals surface area (Å²) in [6.45, 7) is 2.39. The molecule has 0 saturated carbocycles. The molecule has 0 saturated heterocycles. The van der Waals surface area contributed by atoms with E-state index in [1.54, 1.807) is 0 Å². The molecule has 0 amide bonds. The molecule has 1 aliphatic rings. The largest absolute Gasteiger partial charge is 0.309 e. The molecule has 12 rings (SSSR count). The van der Waals surface area contributed by atoms with Gasteiger partial charge in [0.05, 0.1) is 11.4 Å². The molecule has 1 aliphatic carbocycles. The molecule has 0 N–H and O–H groups in total. The normalized spacial score (nSPS) is 14.2. The summed E-state index contributed by atoms with van der Waals surface area (Å²) in [6, 6.07) is 89.4. The molecule has 11 aromatic carbocycles. The highest BCUT2D eigenvalue weighted by molar-refractivity contribution is 6.22. The fourth-order valence-electron chi connectivity index (χ4n) is 10.6. The SMILES string of the molecule is CC1(c2ccccc2)c2ccccc2-c2cc(N(c3ccccc3-c3ccc4c(c3)c(-c3ccccc3)c(-c3ccccc3)c3ccccc34)c3cccc4ccccc34)ccc21. The van der Waals surface area contributed by atoms with Crippen LogP contribution in [0.3, 0.4) is 0 Å². The van der Waals surface area contributed by atoms with Crippen molar-refractivity contribution in [3.63, 3.8) is 0 Å². The van der Waals surface area contributed by atoms with Crippen LogP contribution in [0.25, 0.3) is 76.8 Å². The molecule has 11 aromatic rings. The van der Waals surface area contributed by atoms with Crippen LogP contribution in [0.5, 0.6) is 0 Å². The van der Waals surface area contributed by atoms with Gasteiger partial charge in [0, 0.05) is 22.1 Å². The molecule has 0 bridgehead atoms. The van der Waals surface area contributed by atoms with E-state index < -0.39 is 0 Å². The zero-order valence-electron chi connectivity index (χ0n) is 35.0. The quantitative estimate of drug-likeness (QED) is 0.145. The third kappa shape index (κ3) is 5.85. The second-order valence-electron chi connectivity index (χ2n) is 16.9. The number of nitrogens with zero attached hydrogens (tertiary/aromatic N) is 1. The van der Waals surface area contributed by atoms with Gasteiger partial charge in [-0.05, 0) is 120 Å². The number of para-hydroxylation sites is 1. The summed E-state index contributed by atoms with van der Waals surface area (Å²) in [5, 5.41) is 7.40. The van der Waals surface area contributed by atoms with E-state index >= 15 is 0 Å². The molecule has 0 heterocycles. The van der Waals surface area contributed by atoms with Crippen LogP contribution in [-0.2, 0) is 5.41 Å². The second kappa shape index (κ2) is 14.9. The average Bonchev–Trinajstić information content (AvgIpc) is 3.62. The first kappa shape index (κ1) is 36.8. The van der Waals surface area contributed by atoms with Gasteiger partial charge in [-0.2, -0.15) is 0 Å². The number of anilines is 3. The Morgan fingerprint density at radius 2 is 0.857 bits per heavy atom. The summed E-state index contributed by atoms with van der Waals surface area (Å²) in [6.07, 6.45) is 0. The Labute approximate surface area is 368 Å². The first-order valence-corrected chi connectivity index (χ1v) is 21.9. The molecule has 296 valence electrons. The lowest BCUT2D eigenvalue weighted by Crippen LogP contribution is -2.22. The Morgan fingerprint density at radius 3 is 1.62 bits per heavy atom. The number of hydrogen-bond donors (Lipinski definition) is 0. The van der Waals surface area contributed by atoms with Crippen molar-refractivity contribution < 1.29 is 0 Å². The van der Waals surface area contributed by atoms with Gasteiger partial charge < -0.3 is 4.90 Å². The van der Waals surface area contributed by atoms with E-state index in [4.69, 9.17) is 0 Å². The van der Waals surface area contributed by atoms with Crippen LogP contribution >= 0.6 is 0 Å². The van der Waals surface area contributed by atoms with E-state index in [-0.39, 0.29) is 5.41 Å². The topological polar surface area (TPSA) is 3.24 Å². The maximum absolute atomic E-state index is 2.50. The zero-order chi connectivity index (χ0) is 41.9. The van der Waals surface area contributed by atoms with Gasteiger partial charge in [-0.15, -0.1) is 0 Å². The molecule has 0 aromatic heterocycles. The lowest BCUT2D eigenvalue weighted by atomic mass is 9.74. The van der Waals surface area contributed by atoms with E-state index in [2.05, 4.69) is 254 Å². The Bertz CT molecular complexity index is 3510. The molecule has 0 fully saturated rings. The monoisotopic (exact) mass is 801 g/mol. The van der Waals surface area contributed by atoms with Crippen molar-refractivity contribution in [3.05, 3.63) is 259 Å². The van der Waals surface area contributed by atoms with Crippen molar-refractivity contribution >= 4 is 49.4 Å². The predicted octanol–water partition coefficient (Wildman–Crippen LogP) is 17.0. The Hall–Kier alpha value is -8.00. The molecule has 1 nitrogen and oxygen atoms in total. The van der Waals surface area contributed by atoms with E-state index in [9.17, 15) is 0 Å². The van der Waals surface area contributed by atoms with Gasteiger partial charge in [0.15, 0.2) is 0 Å². The van der Waals surface area contributed by atoms with Gasteiger partial charge in [0.25, 0.3) is 0 Å². The average molecular weight is 802 g/mol. The smallest absolute Gasteiger partial charge is 0.0540 e. The van der Waals surface area contributed by atoms with E-state index in [0.717, 1.165) is 28.2 Å². The standard InChI is InChI=1S/C62H43N/c1-62(46-26-9-4-10-27-46)56-33-17-15-31-52(56)54-41-47(37-39-57(54)62)63(59-35-19-25-42-20-11-12-28-48(42)59)58-34-18-16-29-49(58)45-36-38-51-50-30-13-14-32-53(50)60(43-21-5-2-6-22-43)61(55(51)40-45)44-23-7-3-8-24-44/h2-41H,1H3. The maximum Gasteiger partial charge on any atom is 0.0540 e. The summed E-state index contributed by atoms with van der Waals surface area (Å²) in [5.74, 6) is 0. The first-order chi connectivity index (χ1) is 31.2. The molecule has 63 heavy (non-hydrogen) atoms. The van der Waals surface area contributed by atoms with Crippen LogP contribution in [-0.4, -0.2) is 0 Å². The predicted molar refractivity (Wildman–Crippen MR) is 267 cm³/mol. The van der Waals surface area contributed by atoms with Gasteiger partial charge >= 0.3 is 0 Å². The third-order valence-electron chi connectivity index (χ3n) is 13.5. The Kier molecular flexibility index (Phi) is 8.69. The summed E-state index contributed by atoms with van der Waals surface area (Å²) in [5.41, 5.74) is 16.9. The fraction of sp³-hybridized carbons (Fsp3) is 0.0323. The van der Waals surface area contributed by atoms with Crippen LogP contribution in [0.4, 0.5) is 17.1 Å². The number of benzene rings is 11. The van der Waals surface area contributed by atoms with Crippen LogP contribution < -0.4 is 4.90 Å². The number of fused-ring (bicyclic) bond motifs is 7. The molecule has 0 radical (unpaired) electrons. The summed E-state index contributed by atoms with van der Waals surface area (Å²) < 4.78 is 0. The van der Waals surface area contributed by atoms with Crippen molar-refractivity contribution in [2.75, 3.05) is 4.90 Å². The molecule has 1 atom stereocenters. The lowest BCUT2D eigenvalue weighted by molar-refractivity contribution is 0.714. The van der Waals surface area contributed by atoms with Crippen LogP contribution in [0.15, 0.2) is 243 Å². The molecular weight excluding hydrogens is 759 g/mol. The van der Waals surface area contributed by atoms with Gasteiger partial charge in [0.1, 0.15) is 0 Å². The van der Waals surface area contributed by atoms with Crippen molar-refractivity contribution in [2.45, 2.75) is 12.3 Å². The third-order valence-corrected chi connectivity index (χ3v) is 13.5. The van der Waals surface area contributed by atoms with Crippen LogP contribution in [0.1, 0.15) is 23.6 Å². The minimum atomic E-state index is -0.280. The Morgan fingerprint density at radius 1 is 0.317 bits per heavy atom. The molecule has 0 spiro atoms. The first-order valence-electron chi connectivity index (χ1n) is 21.9. The lowest BCUT2D eigenvalue weighted by Gasteiger charge is -2.31. The van der Waals surface area contributed by atoms with Gasteiger partial charge in [-0.25, -0.2) is 0 Å². The van der Waals surface area contributed by atoms with Crippen molar-refractivity contribution in [1.82, 2.24) is 0 Å². The highest BCUT2D eigenvalue weighted by atomic mass is 15.1. The number of hydrogen-bond acceptors (Lipinski definition) is 1. The summed E-state index contributed by atoms with van der Waals surface area (Å²) >= 11 is 0. The van der Waals surface area contributed by atoms with Crippen LogP contribution in [0.2, 0.25) is 0 Å². The van der Waals surface area contributed by atoms with Crippen molar-refractivity contribution in [1.29, 1.82) is 0 Å². The van der Waals surface area contributed by atoms with Gasteiger partial charge in [-0.1, -0.05) is 212 Å². The van der Waals surface area contributed by atoms with Gasteiger partial charge in [-0.3, -0.25) is 0 Å². The molecule has 1 unspecified atom stereocenters. The van der Waals surface area contributed by atoms with Crippen LogP contribution in [0, 0.1) is 0 Å². The fourth-order valence-corrected chi connectivity index (χ4v) is 10.6. The zero-order valence-corrected chi connectivity index (χ0v) is 35.0. The minimum absolute atomic E-state index is 0.280. The van der Waals surface area contributed by atoms with Gasteiger partial charge in [0.2, 0.25) is 0 Å². The molecule has 0 aliphatic heterocycles. The minimum Gasteiger partial charge on any atom is -0.309 e. The maximum atomic E-state index is 2.50. The van der Waals surface area contributed by atoms with E-state index in [1.807, 2.05) is 0 Å². The molecule has 1 heteroatoms. The number of rotatable bonds is 7.